The van der Waals surface area contributed by atoms with E-state index in [4.69, 9.17) is 9.84 Å². The van der Waals surface area contributed by atoms with E-state index in [1.165, 1.54) is 13.3 Å². The van der Waals surface area contributed by atoms with E-state index < -0.39 is 12.0 Å². The molecule has 0 aliphatic heterocycles. The summed E-state index contributed by atoms with van der Waals surface area (Å²) in [6.07, 6.45) is 4.49. The third-order valence-electron chi connectivity index (χ3n) is 3.09. The monoisotopic (exact) mass is 243 g/mol. The lowest BCUT2D eigenvalue weighted by Gasteiger charge is -2.26. The highest BCUT2D eigenvalue weighted by atomic mass is 16.5. The first-order valence-corrected chi connectivity index (χ1v) is 6.12. The third kappa shape index (κ3) is 5.17. The van der Waals surface area contributed by atoms with Crippen molar-refractivity contribution in [1.82, 2.24) is 5.32 Å². The smallest absolute Gasteiger partial charge is 0.325 e. The van der Waals surface area contributed by atoms with Gasteiger partial charge < -0.3 is 15.2 Å². The van der Waals surface area contributed by atoms with Gasteiger partial charge in [0.1, 0.15) is 12.6 Å². The quantitative estimate of drug-likeness (QED) is 0.760. The molecule has 0 bridgehead atoms. The molecular weight excluding hydrogens is 222 g/mol. The summed E-state index contributed by atoms with van der Waals surface area (Å²) in [6, 6.07) is -0.864. The number of amides is 1. The van der Waals surface area contributed by atoms with Gasteiger partial charge >= 0.3 is 5.97 Å². The van der Waals surface area contributed by atoms with Crippen LogP contribution in [0.4, 0.5) is 0 Å². The number of nitrogens with one attached hydrogen (secondary N) is 1. The molecule has 1 rings (SSSR count). The Kier molecular flexibility index (Phi) is 5.41. The summed E-state index contributed by atoms with van der Waals surface area (Å²) >= 11 is 0. The van der Waals surface area contributed by atoms with Gasteiger partial charge in [-0.2, -0.15) is 0 Å². The van der Waals surface area contributed by atoms with Crippen molar-refractivity contribution in [3.63, 3.8) is 0 Å². The summed E-state index contributed by atoms with van der Waals surface area (Å²) in [5, 5.41) is 11.0. The Labute approximate surface area is 102 Å². The fourth-order valence-electron chi connectivity index (χ4n) is 2.07. The molecule has 2 N–H and O–H groups in total. The van der Waals surface area contributed by atoms with E-state index in [1.54, 1.807) is 0 Å². The molecule has 1 aliphatic rings. The molecule has 0 aromatic rings. The molecule has 1 aliphatic carbocycles. The third-order valence-corrected chi connectivity index (χ3v) is 3.09. The van der Waals surface area contributed by atoms with E-state index in [0.717, 1.165) is 19.3 Å². The highest BCUT2D eigenvalue weighted by Gasteiger charge is 2.21. The second kappa shape index (κ2) is 6.59. The molecule has 0 spiro atoms. The molecule has 5 nitrogen and oxygen atoms in total. The highest BCUT2D eigenvalue weighted by molar-refractivity contribution is 5.83. The van der Waals surface area contributed by atoms with Crippen molar-refractivity contribution in [2.45, 2.75) is 51.7 Å². The lowest BCUT2D eigenvalue weighted by Crippen LogP contribution is -2.41. The van der Waals surface area contributed by atoms with Gasteiger partial charge in [-0.25, -0.2) is 0 Å². The van der Waals surface area contributed by atoms with E-state index in [1.807, 2.05) is 0 Å². The molecule has 0 aromatic carbocycles. The van der Waals surface area contributed by atoms with Crippen LogP contribution >= 0.6 is 0 Å². The van der Waals surface area contributed by atoms with Crippen molar-refractivity contribution in [2.24, 2.45) is 5.92 Å². The fraction of sp³-hybridized carbons (Fsp3) is 0.833. The van der Waals surface area contributed by atoms with Crippen molar-refractivity contribution < 1.29 is 19.4 Å². The Bertz CT molecular complexity index is 280. The maximum absolute atomic E-state index is 11.4. The van der Waals surface area contributed by atoms with Crippen LogP contribution in [0.2, 0.25) is 0 Å². The van der Waals surface area contributed by atoms with Crippen LogP contribution in [0.3, 0.4) is 0 Å². The van der Waals surface area contributed by atoms with Crippen LogP contribution in [0.5, 0.6) is 0 Å². The Morgan fingerprint density at radius 2 is 2.18 bits per heavy atom. The zero-order valence-corrected chi connectivity index (χ0v) is 10.4. The SMILES string of the molecule is C[C@H]1CCC[C@@H](OCC(=O)N[C@@H](C)C(=O)O)C1. The zero-order valence-electron chi connectivity index (χ0n) is 10.4. The minimum Gasteiger partial charge on any atom is -0.480 e. The molecule has 5 heteroatoms. The molecular formula is C12H21NO4. The first-order valence-electron chi connectivity index (χ1n) is 6.12. The van der Waals surface area contributed by atoms with Crippen molar-refractivity contribution >= 4 is 11.9 Å². The minimum atomic E-state index is -1.04. The molecule has 0 unspecified atom stereocenters. The molecule has 0 radical (unpaired) electrons. The predicted molar refractivity (Wildman–Crippen MR) is 62.6 cm³/mol. The van der Waals surface area contributed by atoms with Crippen LogP contribution in [0.15, 0.2) is 0 Å². The van der Waals surface area contributed by atoms with Crippen molar-refractivity contribution in [1.29, 1.82) is 0 Å². The number of carboxylic acid groups (broad SMARTS) is 1. The van der Waals surface area contributed by atoms with E-state index in [-0.39, 0.29) is 18.6 Å². The average Bonchev–Trinajstić information content (AvgIpc) is 2.26. The topological polar surface area (TPSA) is 75.6 Å². The summed E-state index contributed by atoms with van der Waals surface area (Å²) in [6.45, 7) is 3.57. The van der Waals surface area contributed by atoms with Crippen molar-refractivity contribution in [3.05, 3.63) is 0 Å². The number of ether oxygens (including phenoxy) is 1. The largest absolute Gasteiger partial charge is 0.480 e. The van der Waals surface area contributed by atoms with Gasteiger partial charge in [-0.15, -0.1) is 0 Å². The molecule has 0 aromatic heterocycles. The maximum atomic E-state index is 11.4. The van der Waals surface area contributed by atoms with E-state index in [2.05, 4.69) is 12.2 Å². The summed E-state index contributed by atoms with van der Waals surface area (Å²) < 4.78 is 5.49. The lowest BCUT2D eigenvalue weighted by atomic mass is 9.89. The van der Waals surface area contributed by atoms with Gasteiger partial charge in [-0.3, -0.25) is 9.59 Å². The van der Waals surface area contributed by atoms with Gasteiger partial charge in [0.25, 0.3) is 0 Å². The fourth-order valence-corrected chi connectivity index (χ4v) is 2.07. The minimum absolute atomic E-state index is 0.0466. The average molecular weight is 243 g/mol. The van der Waals surface area contributed by atoms with Gasteiger partial charge in [0, 0.05) is 0 Å². The van der Waals surface area contributed by atoms with Crippen LogP contribution < -0.4 is 5.32 Å². The Morgan fingerprint density at radius 1 is 1.47 bits per heavy atom. The van der Waals surface area contributed by atoms with Crippen LogP contribution in [0, 0.1) is 5.92 Å². The van der Waals surface area contributed by atoms with Gasteiger partial charge in [0.05, 0.1) is 6.10 Å². The molecule has 17 heavy (non-hydrogen) atoms. The predicted octanol–water partition coefficient (Wildman–Crippen LogP) is 1.17. The molecule has 1 amide bonds. The first-order chi connectivity index (χ1) is 7.99. The second-order valence-corrected chi connectivity index (χ2v) is 4.83. The van der Waals surface area contributed by atoms with Crippen LogP contribution in [-0.4, -0.2) is 35.7 Å². The molecule has 98 valence electrons. The molecule has 1 fully saturated rings. The maximum Gasteiger partial charge on any atom is 0.325 e. The van der Waals surface area contributed by atoms with Crippen LogP contribution in [0.1, 0.15) is 39.5 Å². The number of hydrogen-bond acceptors (Lipinski definition) is 3. The van der Waals surface area contributed by atoms with Crippen molar-refractivity contribution in [3.8, 4) is 0 Å². The standard InChI is InChI=1S/C12H21NO4/c1-8-4-3-5-10(6-8)17-7-11(14)13-9(2)12(15)16/h8-10H,3-7H2,1-2H3,(H,13,14)(H,15,16)/t8-,9-,10+/m0/s1. The molecule has 0 saturated heterocycles. The van der Waals surface area contributed by atoms with Gasteiger partial charge in [-0.1, -0.05) is 19.8 Å². The van der Waals surface area contributed by atoms with E-state index >= 15 is 0 Å². The summed E-state index contributed by atoms with van der Waals surface area (Å²) in [7, 11) is 0. The summed E-state index contributed by atoms with van der Waals surface area (Å²) in [4.78, 5) is 21.9. The first kappa shape index (κ1) is 14.0. The van der Waals surface area contributed by atoms with Crippen molar-refractivity contribution in [2.75, 3.05) is 6.61 Å². The number of carbonyl (C=O) groups is 2. The molecule has 1 saturated carbocycles. The second-order valence-electron chi connectivity index (χ2n) is 4.83. The summed E-state index contributed by atoms with van der Waals surface area (Å²) in [5.41, 5.74) is 0. The van der Waals surface area contributed by atoms with Crippen LogP contribution in [-0.2, 0) is 14.3 Å². The molecule has 0 heterocycles. The Hall–Kier alpha value is -1.10. The number of carboxylic acids is 1. The van der Waals surface area contributed by atoms with E-state index in [9.17, 15) is 9.59 Å². The normalized spacial score (nSPS) is 26.2. The Balaban J connectivity index is 2.21. The van der Waals surface area contributed by atoms with Crippen LogP contribution in [0.25, 0.3) is 0 Å². The van der Waals surface area contributed by atoms with Gasteiger partial charge in [-0.05, 0) is 25.7 Å². The summed E-state index contributed by atoms with van der Waals surface area (Å²) in [5.74, 6) is -0.752. The lowest BCUT2D eigenvalue weighted by molar-refractivity contribution is -0.142. The number of rotatable bonds is 5. The van der Waals surface area contributed by atoms with Gasteiger partial charge in [0.15, 0.2) is 0 Å². The molecule has 3 atom stereocenters. The number of aliphatic carboxylic acids is 1. The highest BCUT2D eigenvalue weighted by Crippen LogP contribution is 2.25. The van der Waals surface area contributed by atoms with Gasteiger partial charge in [0.2, 0.25) is 5.91 Å². The zero-order chi connectivity index (χ0) is 12.8. The Morgan fingerprint density at radius 3 is 2.76 bits per heavy atom. The van der Waals surface area contributed by atoms with E-state index in [0.29, 0.717) is 5.92 Å². The number of hydrogen-bond donors (Lipinski definition) is 2. The number of carbonyl (C=O) groups excluding carboxylic acids is 1.